The van der Waals surface area contributed by atoms with Crippen molar-refractivity contribution in [3.63, 3.8) is 0 Å². The molecule has 2 atom stereocenters. The molecule has 3 rings (SSSR count). The number of carbonyl (C=O) groups excluding carboxylic acids is 2. The van der Waals surface area contributed by atoms with Crippen molar-refractivity contribution in [2.45, 2.75) is 31.8 Å². The third-order valence-electron chi connectivity index (χ3n) is 5.19. The first-order chi connectivity index (χ1) is 13.4. The topological polar surface area (TPSA) is 63.1 Å². The zero-order valence-corrected chi connectivity index (χ0v) is 16.7. The molecule has 148 valence electrons. The molecule has 1 heterocycles. The Hall–Kier alpha value is -2.86. The predicted octanol–water partition coefficient (Wildman–Crippen LogP) is 1.61. The van der Waals surface area contributed by atoms with Crippen molar-refractivity contribution in [3.8, 4) is 5.75 Å². The van der Waals surface area contributed by atoms with Gasteiger partial charge in [0.2, 0.25) is 0 Å². The fourth-order valence-corrected chi connectivity index (χ4v) is 3.52. The van der Waals surface area contributed by atoms with Crippen LogP contribution in [0.25, 0.3) is 0 Å². The van der Waals surface area contributed by atoms with E-state index in [1.54, 1.807) is 7.11 Å². The average Bonchev–Trinajstić information content (AvgIpc) is 2.91. The molecule has 1 aliphatic rings. The van der Waals surface area contributed by atoms with E-state index in [0.29, 0.717) is 19.6 Å². The number of imide groups is 1. The van der Waals surface area contributed by atoms with Crippen molar-refractivity contribution in [2.24, 2.45) is 0 Å². The summed E-state index contributed by atoms with van der Waals surface area (Å²) < 4.78 is 5.18. The van der Waals surface area contributed by atoms with E-state index in [1.807, 2.05) is 68.6 Å². The van der Waals surface area contributed by atoms with Gasteiger partial charge in [0.1, 0.15) is 17.8 Å². The Labute approximate surface area is 166 Å². The summed E-state index contributed by atoms with van der Waals surface area (Å²) >= 11 is 0. The quantitative estimate of drug-likeness (QED) is 0.682. The average molecular weight is 382 g/mol. The Kier molecular flexibility index (Phi) is 5.99. The highest BCUT2D eigenvalue weighted by Crippen LogP contribution is 2.22. The molecule has 1 fully saturated rings. The number of ether oxygens (including phenoxy) is 1. The predicted molar refractivity (Wildman–Crippen MR) is 107 cm³/mol. The highest BCUT2D eigenvalue weighted by molar-refractivity contribution is 6.06. The minimum atomic E-state index is -0.854. The second-order valence-corrected chi connectivity index (χ2v) is 7.62. The molecule has 1 aliphatic heterocycles. The highest BCUT2D eigenvalue weighted by atomic mass is 16.5. The van der Waals surface area contributed by atoms with Crippen LogP contribution >= 0.6 is 0 Å². The lowest BCUT2D eigenvalue weighted by Crippen LogP contribution is -3.09. The number of rotatable bonds is 8. The van der Waals surface area contributed by atoms with Crippen molar-refractivity contribution in [3.05, 3.63) is 65.7 Å². The number of benzene rings is 2. The first-order valence-corrected chi connectivity index (χ1v) is 9.53. The number of aryl methyl sites for hydroxylation is 1. The monoisotopic (exact) mass is 382 g/mol. The minimum absolute atomic E-state index is 0.150. The number of urea groups is 1. The first kappa shape index (κ1) is 19.9. The Morgan fingerprint density at radius 2 is 1.71 bits per heavy atom. The molecule has 1 saturated heterocycles. The third-order valence-corrected chi connectivity index (χ3v) is 5.19. The first-order valence-electron chi connectivity index (χ1n) is 9.53. The summed E-state index contributed by atoms with van der Waals surface area (Å²) in [7, 11) is 3.61. The van der Waals surface area contributed by atoms with E-state index in [0.717, 1.165) is 28.2 Å². The van der Waals surface area contributed by atoms with E-state index in [-0.39, 0.29) is 11.9 Å². The molecule has 0 bridgehead atoms. The van der Waals surface area contributed by atoms with Crippen LogP contribution in [0.2, 0.25) is 0 Å². The fourth-order valence-electron chi connectivity index (χ4n) is 3.52. The van der Waals surface area contributed by atoms with Crippen LogP contribution < -0.4 is 15.0 Å². The van der Waals surface area contributed by atoms with Crippen LogP contribution in [0, 0.1) is 0 Å². The normalized spacial score (nSPS) is 20.2. The molecule has 28 heavy (non-hydrogen) atoms. The van der Waals surface area contributed by atoms with E-state index >= 15 is 0 Å². The van der Waals surface area contributed by atoms with Gasteiger partial charge in [-0.1, -0.05) is 30.3 Å². The standard InChI is InChI=1S/C22H27N3O3/c1-22(14-13-17-7-5-4-6-8-17)20(26)25(21(27)23-22)16-24(2)15-18-9-11-19(28-3)12-10-18/h4-12H,13-16H2,1-3H3,(H,23,27)/p+1/t22-/m0/s1. The Bertz CT molecular complexity index is 823. The van der Waals surface area contributed by atoms with Crippen molar-refractivity contribution >= 4 is 11.9 Å². The number of quaternary nitrogens is 1. The van der Waals surface area contributed by atoms with Gasteiger partial charge < -0.3 is 15.0 Å². The third kappa shape index (κ3) is 4.51. The molecule has 6 heteroatoms. The van der Waals surface area contributed by atoms with Gasteiger partial charge in [-0.3, -0.25) is 4.79 Å². The van der Waals surface area contributed by atoms with Crippen LogP contribution in [0.4, 0.5) is 4.79 Å². The van der Waals surface area contributed by atoms with Crippen LogP contribution in [0.1, 0.15) is 24.5 Å². The van der Waals surface area contributed by atoms with Crippen molar-refractivity contribution < 1.29 is 19.2 Å². The smallest absolute Gasteiger partial charge is 0.329 e. The molecular formula is C22H28N3O3+. The lowest BCUT2D eigenvalue weighted by molar-refractivity contribution is -0.901. The maximum absolute atomic E-state index is 12.9. The summed E-state index contributed by atoms with van der Waals surface area (Å²) in [5.41, 5.74) is 1.43. The molecular weight excluding hydrogens is 354 g/mol. The Balaban J connectivity index is 1.59. The van der Waals surface area contributed by atoms with Crippen LogP contribution in [-0.4, -0.2) is 43.2 Å². The van der Waals surface area contributed by atoms with E-state index in [1.165, 1.54) is 4.90 Å². The lowest BCUT2D eigenvalue weighted by Gasteiger charge is -2.23. The lowest BCUT2D eigenvalue weighted by atomic mass is 9.93. The minimum Gasteiger partial charge on any atom is -0.497 e. The molecule has 2 aromatic carbocycles. The summed E-state index contributed by atoms with van der Waals surface area (Å²) in [6.45, 7) is 2.86. The molecule has 0 aliphatic carbocycles. The van der Waals surface area contributed by atoms with Crippen molar-refractivity contribution in [1.82, 2.24) is 10.2 Å². The van der Waals surface area contributed by atoms with Crippen LogP contribution in [0.5, 0.6) is 5.75 Å². The number of hydrogen-bond donors (Lipinski definition) is 2. The second-order valence-electron chi connectivity index (χ2n) is 7.62. The van der Waals surface area contributed by atoms with Crippen LogP contribution in [-0.2, 0) is 17.8 Å². The zero-order chi connectivity index (χ0) is 20.1. The van der Waals surface area contributed by atoms with Gasteiger partial charge in [0.05, 0.1) is 14.2 Å². The number of nitrogens with zero attached hydrogens (tertiary/aromatic N) is 1. The second kappa shape index (κ2) is 8.44. The Morgan fingerprint density at radius 1 is 1.04 bits per heavy atom. The van der Waals surface area contributed by atoms with Crippen molar-refractivity contribution in [2.75, 3.05) is 20.8 Å². The van der Waals surface area contributed by atoms with E-state index in [2.05, 4.69) is 5.32 Å². The van der Waals surface area contributed by atoms with Crippen LogP contribution in [0.15, 0.2) is 54.6 Å². The molecule has 3 amide bonds. The molecule has 0 spiro atoms. The largest absolute Gasteiger partial charge is 0.497 e. The maximum atomic E-state index is 12.9. The molecule has 0 aromatic heterocycles. The molecule has 0 saturated carbocycles. The summed E-state index contributed by atoms with van der Waals surface area (Å²) in [4.78, 5) is 27.8. The maximum Gasteiger partial charge on any atom is 0.329 e. The zero-order valence-electron chi connectivity index (χ0n) is 16.7. The number of methoxy groups -OCH3 is 1. The summed E-state index contributed by atoms with van der Waals surface area (Å²) in [6.07, 6.45) is 1.32. The van der Waals surface area contributed by atoms with Crippen molar-refractivity contribution in [1.29, 1.82) is 0 Å². The molecule has 2 aromatic rings. The van der Waals surface area contributed by atoms with E-state index < -0.39 is 5.54 Å². The molecule has 2 N–H and O–H groups in total. The fraction of sp³-hybridized carbons (Fsp3) is 0.364. The number of amides is 3. The van der Waals surface area contributed by atoms with E-state index in [4.69, 9.17) is 4.74 Å². The number of hydrogen-bond acceptors (Lipinski definition) is 3. The molecule has 6 nitrogen and oxygen atoms in total. The SMILES string of the molecule is COc1ccc(C[NH+](C)CN2C(=O)N[C@@](C)(CCc3ccccc3)C2=O)cc1. The highest BCUT2D eigenvalue weighted by Gasteiger charge is 2.48. The van der Waals surface area contributed by atoms with Gasteiger partial charge in [-0.2, -0.15) is 0 Å². The molecule has 0 radical (unpaired) electrons. The van der Waals surface area contributed by atoms with E-state index in [9.17, 15) is 9.59 Å². The van der Waals surface area contributed by atoms with Gasteiger partial charge in [0.15, 0.2) is 6.67 Å². The van der Waals surface area contributed by atoms with Gasteiger partial charge in [-0.15, -0.1) is 0 Å². The molecule has 1 unspecified atom stereocenters. The summed E-state index contributed by atoms with van der Waals surface area (Å²) in [5.74, 6) is 0.659. The van der Waals surface area contributed by atoms with Gasteiger partial charge in [-0.05, 0) is 49.6 Å². The summed E-state index contributed by atoms with van der Waals surface area (Å²) in [6, 6.07) is 17.5. The summed E-state index contributed by atoms with van der Waals surface area (Å²) in [5, 5.41) is 2.89. The van der Waals surface area contributed by atoms with Gasteiger partial charge in [0, 0.05) is 5.56 Å². The number of nitrogens with one attached hydrogen (secondary N) is 2. The van der Waals surface area contributed by atoms with Gasteiger partial charge in [0.25, 0.3) is 5.91 Å². The van der Waals surface area contributed by atoms with Gasteiger partial charge >= 0.3 is 6.03 Å². The number of carbonyl (C=O) groups is 2. The van der Waals surface area contributed by atoms with Gasteiger partial charge in [-0.25, -0.2) is 9.69 Å². The van der Waals surface area contributed by atoms with Crippen LogP contribution in [0.3, 0.4) is 0 Å². The Morgan fingerprint density at radius 3 is 2.36 bits per heavy atom.